The fourth-order valence-electron chi connectivity index (χ4n) is 3.63. The first kappa shape index (κ1) is 15.8. The smallest absolute Gasteiger partial charge is 0.151 e. The van der Waals surface area contributed by atoms with Crippen molar-refractivity contribution in [2.24, 2.45) is 11.8 Å². The molecule has 1 saturated heterocycles. The van der Waals surface area contributed by atoms with Gasteiger partial charge in [-0.15, -0.1) is 0 Å². The fraction of sp³-hybridized carbons (Fsp3) is 0.625. The van der Waals surface area contributed by atoms with E-state index in [1.807, 2.05) is 19.3 Å². The van der Waals surface area contributed by atoms with Crippen LogP contribution in [-0.4, -0.2) is 61.2 Å². The molecule has 0 aromatic carbocycles. The van der Waals surface area contributed by atoms with Crippen LogP contribution in [-0.2, 0) is 14.6 Å². The predicted octanol–water partition coefficient (Wildman–Crippen LogP) is 1.23. The Morgan fingerprint density at radius 1 is 1.25 bits per heavy atom. The number of hydrogen-bond acceptors (Lipinski definition) is 6. The molecule has 0 atom stereocenters. The largest absolute Gasteiger partial charge is 0.381 e. The summed E-state index contributed by atoms with van der Waals surface area (Å²) in [6.45, 7) is 1.19. The molecule has 2 aliphatic rings. The topological polar surface area (TPSA) is 88.2 Å². The van der Waals surface area contributed by atoms with E-state index in [0.29, 0.717) is 25.0 Å². The first-order valence-corrected chi connectivity index (χ1v) is 10.1. The highest BCUT2D eigenvalue weighted by Crippen LogP contribution is 2.36. The number of nitrogens with zero attached hydrogens (tertiary/aromatic N) is 3. The molecule has 1 N–H and O–H groups in total. The highest BCUT2D eigenvalue weighted by Gasteiger charge is 2.37. The molecule has 1 saturated carbocycles. The van der Waals surface area contributed by atoms with Gasteiger partial charge in [-0.05, 0) is 24.8 Å². The number of aromatic nitrogens is 3. The molecule has 4 rings (SSSR count). The Kier molecular flexibility index (Phi) is 3.96. The van der Waals surface area contributed by atoms with Crippen LogP contribution in [0.4, 0.5) is 5.82 Å². The van der Waals surface area contributed by atoms with Gasteiger partial charge >= 0.3 is 0 Å². The molecule has 8 heteroatoms. The summed E-state index contributed by atoms with van der Waals surface area (Å²) in [5, 5.41) is 1.00. The molecule has 1 aliphatic carbocycles. The van der Waals surface area contributed by atoms with Crippen LogP contribution in [0.2, 0.25) is 0 Å². The van der Waals surface area contributed by atoms with Gasteiger partial charge in [0.25, 0.3) is 0 Å². The van der Waals surface area contributed by atoms with Crippen LogP contribution in [0.3, 0.4) is 0 Å². The monoisotopic (exact) mass is 350 g/mol. The van der Waals surface area contributed by atoms with E-state index < -0.39 is 9.84 Å². The maximum absolute atomic E-state index is 12.2. The van der Waals surface area contributed by atoms with E-state index in [-0.39, 0.29) is 17.6 Å². The quantitative estimate of drug-likeness (QED) is 0.843. The van der Waals surface area contributed by atoms with E-state index in [4.69, 9.17) is 4.74 Å². The Bertz CT molecular complexity index is 825. The summed E-state index contributed by atoms with van der Waals surface area (Å²) in [5.41, 5.74) is 0.827. The maximum atomic E-state index is 12.2. The minimum Gasteiger partial charge on any atom is -0.381 e. The van der Waals surface area contributed by atoms with E-state index in [2.05, 4.69) is 19.9 Å². The number of H-pyrrole nitrogens is 1. The number of aromatic amines is 1. The van der Waals surface area contributed by atoms with Crippen molar-refractivity contribution in [2.75, 3.05) is 36.7 Å². The molecule has 0 radical (unpaired) electrons. The molecule has 130 valence electrons. The van der Waals surface area contributed by atoms with Crippen molar-refractivity contribution in [3.05, 3.63) is 18.6 Å². The molecule has 2 aromatic heterocycles. The number of ether oxygens (including phenoxy) is 1. The lowest BCUT2D eigenvalue weighted by Crippen LogP contribution is -2.46. The lowest BCUT2D eigenvalue weighted by molar-refractivity contribution is -0.0204. The summed E-state index contributed by atoms with van der Waals surface area (Å²) in [4.78, 5) is 13.9. The summed E-state index contributed by atoms with van der Waals surface area (Å²) in [6, 6.07) is 2.31. The number of sulfone groups is 1. The summed E-state index contributed by atoms with van der Waals surface area (Å²) in [5.74, 6) is 1.94. The summed E-state index contributed by atoms with van der Waals surface area (Å²) >= 11 is 0. The van der Waals surface area contributed by atoms with Gasteiger partial charge in [-0.2, -0.15) is 0 Å². The zero-order valence-corrected chi connectivity index (χ0v) is 14.5. The molecule has 0 amide bonds. The van der Waals surface area contributed by atoms with E-state index in [1.54, 1.807) is 6.33 Å². The number of fused-ring (bicyclic) bond motifs is 1. The van der Waals surface area contributed by atoms with Gasteiger partial charge in [0, 0.05) is 25.2 Å². The van der Waals surface area contributed by atoms with Crippen molar-refractivity contribution in [2.45, 2.75) is 18.9 Å². The van der Waals surface area contributed by atoms with Crippen molar-refractivity contribution in [1.29, 1.82) is 0 Å². The molecular formula is C16H22N4O3S. The number of hydrogen-bond donors (Lipinski definition) is 1. The highest BCUT2D eigenvalue weighted by molar-refractivity contribution is 7.91. The van der Waals surface area contributed by atoms with Gasteiger partial charge in [0.1, 0.15) is 17.8 Å². The van der Waals surface area contributed by atoms with Gasteiger partial charge in [-0.25, -0.2) is 18.4 Å². The van der Waals surface area contributed by atoms with E-state index in [0.717, 1.165) is 29.7 Å². The lowest BCUT2D eigenvalue weighted by Gasteiger charge is -2.42. The summed E-state index contributed by atoms with van der Waals surface area (Å²) < 4.78 is 29.5. The second kappa shape index (κ2) is 6.00. The lowest BCUT2D eigenvalue weighted by atomic mass is 9.81. The van der Waals surface area contributed by atoms with Crippen LogP contribution in [0.15, 0.2) is 18.6 Å². The van der Waals surface area contributed by atoms with Gasteiger partial charge < -0.3 is 14.6 Å². The highest BCUT2D eigenvalue weighted by atomic mass is 32.2. The summed E-state index contributed by atoms with van der Waals surface area (Å²) in [7, 11) is -0.947. The molecular weight excluding hydrogens is 328 g/mol. The van der Waals surface area contributed by atoms with Crippen molar-refractivity contribution in [3.63, 3.8) is 0 Å². The maximum Gasteiger partial charge on any atom is 0.151 e. The SMILES string of the molecule is CN(c1ncnc2[nH]ccc12)C1CC(CS(=O)(=O)CC2COC2)C1. The van der Waals surface area contributed by atoms with Gasteiger partial charge in [-0.3, -0.25) is 0 Å². The zero-order valence-electron chi connectivity index (χ0n) is 13.7. The first-order chi connectivity index (χ1) is 11.5. The predicted molar refractivity (Wildman–Crippen MR) is 91.8 cm³/mol. The van der Waals surface area contributed by atoms with Crippen LogP contribution in [0.5, 0.6) is 0 Å². The minimum atomic E-state index is -2.97. The molecule has 0 spiro atoms. The Morgan fingerprint density at radius 2 is 2.00 bits per heavy atom. The minimum absolute atomic E-state index is 0.205. The second-order valence-corrected chi connectivity index (χ2v) is 9.17. The Morgan fingerprint density at radius 3 is 2.71 bits per heavy atom. The third-order valence-corrected chi connectivity index (χ3v) is 7.07. The van der Waals surface area contributed by atoms with Crippen LogP contribution in [0.25, 0.3) is 11.0 Å². The summed E-state index contributed by atoms with van der Waals surface area (Å²) in [6.07, 6.45) is 5.21. The Labute approximate surface area is 141 Å². The second-order valence-electron chi connectivity index (χ2n) is 7.02. The van der Waals surface area contributed by atoms with Gasteiger partial charge in [-0.1, -0.05) is 0 Å². The third-order valence-electron chi connectivity index (χ3n) is 5.11. The standard InChI is InChI=1S/C16H22N4O3S/c1-20(16-14-2-3-17-15(14)18-10-19-16)13-4-11(5-13)8-24(21,22)9-12-6-23-7-12/h2-3,10-13H,4-9H2,1H3,(H,17,18,19). The number of rotatable bonds is 6. The van der Waals surface area contributed by atoms with Crippen molar-refractivity contribution >= 4 is 26.7 Å². The van der Waals surface area contributed by atoms with Crippen LogP contribution in [0, 0.1) is 11.8 Å². The molecule has 0 bridgehead atoms. The molecule has 2 fully saturated rings. The molecule has 3 heterocycles. The van der Waals surface area contributed by atoms with Gasteiger partial charge in [0.15, 0.2) is 9.84 Å². The van der Waals surface area contributed by atoms with Crippen molar-refractivity contribution in [1.82, 2.24) is 15.0 Å². The fourth-order valence-corrected chi connectivity index (χ4v) is 5.67. The molecule has 2 aromatic rings. The average molecular weight is 350 g/mol. The molecule has 1 aliphatic heterocycles. The van der Waals surface area contributed by atoms with Gasteiger partial charge in [0.05, 0.1) is 30.1 Å². The first-order valence-electron chi connectivity index (χ1n) is 8.31. The Hall–Kier alpha value is -1.67. The van der Waals surface area contributed by atoms with Gasteiger partial charge in [0.2, 0.25) is 0 Å². The zero-order chi connectivity index (χ0) is 16.7. The Balaban J connectivity index is 1.36. The molecule has 24 heavy (non-hydrogen) atoms. The molecule has 7 nitrogen and oxygen atoms in total. The van der Waals surface area contributed by atoms with Crippen molar-refractivity contribution in [3.8, 4) is 0 Å². The van der Waals surface area contributed by atoms with Crippen LogP contribution >= 0.6 is 0 Å². The van der Waals surface area contributed by atoms with E-state index >= 15 is 0 Å². The van der Waals surface area contributed by atoms with Crippen LogP contribution < -0.4 is 4.90 Å². The number of anilines is 1. The molecule has 0 unspecified atom stereocenters. The number of nitrogens with one attached hydrogen (secondary N) is 1. The van der Waals surface area contributed by atoms with Crippen LogP contribution in [0.1, 0.15) is 12.8 Å². The van der Waals surface area contributed by atoms with E-state index in [9.17, 15) is 8.42 Å². The van der Waals surface area contributed by atoms with E-state index in [1.165, 1.54) is 0 Å². The average Bonchev–Trinajstić information content (AvgIpc) is 2.94. The third kappa shape index (κ3) is 3.00. The van der Waals surface area contributed by atoms with Crippen molar-refractivity contribution < 1.29 is 13.2 Å². The normalized spacial score (nSPS) is 24.5.